The molecular formula is C18H16Br2N2O3. The summed E-state index contributed by atoms with van der Waals surface area (Å²) in [5.74, 6) is 0.228. The number of amides is 2. The highest BCUT2D eigenvalue weighted by atomic mass is 79.9. The molecule has 0 spiro atoms. The lowest BCUT2D eigenvalue weighted by Crippen LogP contribution is -2.08. The second-order valence-electron chi connectivity index (χ2n) is 5.09. The first-order chi connectivity index (χ1) is 11.9. The van der Waals surface area contributed by atoms with Crippen molar-refractivity contribution in [1.82, 2.24) is 0 Å². The number of ether oxygens (including phenoxy) is 1. The molecule has 0 bridgehead atoms. The van der Waals surface area contributed by atoms with Gasteiger partial charge in [0.05, 0.1) is 11.6 Å². The van der Waals surface area contributed by atoms with Crippen molar-refractivity contribution in [2.75, 3.05) is 17.7 Å². The van der Waals surface area contributed by atoms with Crippen LogP contribution in [-0.4, -0.2) is 18.9 Å². The highest BCUT2D eigenvalue weighted by Crippen LogP contribution is 2.33. The van der Waals surface area contributed by atoms with E-state index in [1.165, 1.54) is 13.0 Å². The summed E-state index contributed by atoms with van der Waals surface area (Å²) in [5, 5.41) is 5.42. The van der Waals surface area contributed by atoms with E-state index in [1.807, 2.05) is 12.1 Å². The molecule has 5 nitrogen and oxygen atoms in total. The van der Waals surface area contributed by atoms with Crippen LogP contribution in [0.5, 0.6) is 5.75 Å². The standard InChI is InChI=1S/C18H16Br2N2O3/c1-11(23)21-14-4-6-15(7-5-14)22-17(24)8-3-12-9-13(19)10-16(20)18(12)25-2/h3-10H,1-2H3,(H,21,23)(H,22,24)/b8-3+. The molecular weight excluding hydrogens is 452 g/mol. The molecule has 0 atom stereocenters. The molecule has 0 aromatic heterocycles. The van der Waals surface area contributed by atoms with Crippen LogP contribution in [0.4, 0.5) is 11.4 Å². The Kier molecular flexibility index (Phi) is 6.78. The van der Waals surface area contributed by atoms with Crippen molar-refractivity contribution in [3.63, 3.8) is 0 Å². The summed E-state index contributed by atoms with van der Waals surface area (Å²) >= 11 is 6.83. The molecule has 0 unspecified atom stereocenters. The third-order valence-electron chi connectivity index (χ3n) is 3.13. The predicted molar refractivity (Wildman–Crippen MR) is 107 cm³/mol. The van der Waals surface area contributed by atoms with E-state index >= 15 is 0 Å². The monoisotopic (exact) mass is 466 g/mol. The van der Waals surface area contributed by atoms with Gasteiger partial charge in [0.15, 0.2) is 0 Å². The van der Waals surface area contributed by atoms with Gasteiger partial charge in [0.2, 0.25) is 11.8 Å². The topological polar surface area (TPSA) is 67.4 Å². The lowest BCUT2D eigenvalue weighted by Gasteiger charge is -2.08. The fourth-order valence-electron chi connectivity index (χ4n) is 2.11. The molecule has 0 saturated carbocycles. The Morgan fingerprint density at radius 1 is 1.04 bits per heavy atom. The van der Waals surface area contributed by atoms with Gasteiger partial charge in [0.25, 0.3) is 0 Å². The molecule has 0 aliphatic rings. The van der Waals surface area contributed by atoms with Crippen LogP contribution >= 0.6 is 31.9 Å². The Morgan fingerprint density at radius 3 is 2.20 bits per heavy atom. The number of carbonyl (C=O) groups excluding carboxylic acids is 2. The molecule has 0 saturated heterocycles. The minimum absolute atomic E-state index is 0.145. The number of carbonyl (C=O) groups is 2. The fraction of sp³-hybridized carbons (Fsp3) is 0.111. The highest BCUT2D eigenvalue weighted by molar-refractivity contribution is 9.11. The lowest BCUT2D eigenvalue weighted by atomic mass is 10.2. The van der Waals surface area contributed by atoms with E-state index in [4.69, 9.17) is 4.74 Å². The van der Waals surface area contributed by atoms with E-state index in [-0.39, 0.29) is 11.8 Å². The van der Waals surface area contributed by atoms with Gasteiger partial charge in [-0.3, -0.25) is 9.59 Å². The molecule has 2 N–H and O–H groups in total. The minimum atomic E-state index is -0.273. The summed E-state index contributed by atoms with van der Waals surface area (Å²) < 4.78 is 7.00. The van der Waals surface area contributed by atoms with E-state index in [1.54, 1.807) is 37.5 Å². The van der Waals surface area contributed by atoms with Crippen molar-refractivity contribution in [3.8, 4) is 5.75 Å². The molecule has 2 amide bonds. The average Bonchev–Trinajstić information content (AvgIpc) is 2.54. The van der Waals surface area contributed by atoms with Crippen molar-refractivity contribution in [1.29, 1.82) is 0 Å². The molecule has 2 rings (SSSR count). The second-order valence-corrected chi connectivity index (χ2v) is 6.86. The molecule has 130 valence electrons. The van der Waals surface area contributed by atoms with Crippen LogP contribution < -0.4 is 15.4 Å². The van der Waals surface area contributed by atoms with E-state index < -0.39 is 0 Å². The predicted octanol–water partition coefficient (Wildman–Crippen LogP) is 4.83. The molecule has 2 aromatic carbocycles. The van der Waals surface area contributed by atoms with E-state index in [9.17, 15) is 9.59 Å². The lowest BCUT2D eigenvalue weighted by molar-refractivity contribution is -0.114. The van der Waals surface area contributed by atoms with E-state index in [0.717, 1.165) is 14.5 Å². The van der Waals surface area contributed by atoms with Crippen molar-refractivity contribution >= 4 is 61.1 Å². The van der Waals surface area contributed by atoms with Gasteiger partial charge in [0, 0.05) is 34.4 Å². The van der Waals surface area contributed by atoms with Crippen LogP contribution in [-0.2, 0) is 9.59 Å². The first-order valence-electron chi connectivity index (χ1n) is 7.29. The number of methoxy groups -OCH3 is 1. The summed E-state index contributed by atoms with van der Waals surface area (Å²) in [4.78, 5) is 23.1. The van der Waals surface area contributed by atoms with Crippen molar-refractivity contribution in [2.45, 2.75) is 6.92 Å². The molecule has 25 heavy (non-hydrogen) atoms. The van der Waals surface area contributed by atoms with Crippen molar-refractivity contribution < 1.29 is 14.3 Å². The van der Waals surface area contributed by atoms with Crippen LogP contribution in [0.3, 0.4) is 0 Å². The smallest absolute Gasteiger partial charge is 0.248 e. The van der Waals surface area contributed by atoms with Crippen molar-refractivity contribution in [2.24, 2.45) is 0 Å². The SMILES string of the molecule is COc1c(Br)cc(Br)cc1/C=C/C(=O)Nc1ccc(NC(C)=O)cc1. The first-order valence-corrected chi connectivity index (χ1v) is 8.87. The molecule has 0 radical (unpaired) electrons. The summed E-state index contributed by atoms with van der Waals surface area (Å²) in [7, 11) is 1.57. The third kappa shape index (κ3) is 5.72. The van der Waals surface area contributed by atoms with Gasteiger partial charge in [-0.1, -0.05) is 15.9 Å². The maximum Gasteiger partial charge on any atom is 0.248 e. The summed E-state index contributed by atoms with van der Waals surface area (Å²) in [6.07, 6.45) is 3.10. The van der Waals surface area contributed by atoms with Gasteiger partial charge in [-0.2, -0.15) is 0 Å². The molecule has 0 aliphatic heterocycles. The molecule has 7 heteroatoms. The van der Waals surface area contributed by atoms with E-state index in [0.29, 0.717) is 17.1 Å². The molecule has 0 heterocycles. The summed E-state index contributed by atoms with van der Waals surface area (Å²) in [6, 6.07) is 10.6. The summed E-state index contributed by atoms with van der Waals surface area (Å²) in [6.45, 7) is 1.44. The zero-order valence-electron chi connectivity index (χ0n) is 13.6. The second kappa shape index (κ2) is 8.82. The Hall–Kier alpha value is -2.12. The average molecular weight is 468 g/mol. The van der Waals surface area contributed by atoms with Crippen LogP contribution in [0.25, 0.3) is 6.08 Å². The maximum absolute atomic E-state index is 12.1. The van der Waals surface area contributed by atoms with Crippen molar-refractivity contribution in [3.05, 3.63) is 57.0 Å². The Balaban J connectivity index is 2.07. The number of benzene rings is 2. The fourth-order valence-corrected chi connectivity index (χ4v) is 3.53. The first kappa shape index (κ1) is 19.2. The number of nitrogens with one attached hydrogen (secondary N) is 2. The Morgan fingerprint density at radius 2 is 1.64 bits per heavy atom. The maximum atomic E-state index is 12.1. The number of halogens is 2. The summed E-state index contributed by atoms with van der Waals surface area (Å²) in [5.41, 5.74) is 2.07. The zero-order chi connectivity index (χ0) is 18.4. The van der Waals surface area contributed by atoms with Gasteiger partial charge in [-0.05, 0) is 58.4 Å². The minimum Gasteiger partial charge on any atom is -0.495 e. The zero-order valence-corrected chi connectivity index (χ0v) is 16.8. The molecule has 0 aliphatic carbocycles. The van der Waals surface area contributed by atoms with Crippen LogP contribution in [0.15, 0.2) is 51.4 Å². The van der Waals surface area contributed by atoms with Gasteiger partial charge in [0.1, 0.15) is 5.75 Å². The number of hydrogen-bond acceptors (Lipinski definition) is 3. The third-order valence-corrected chi connectivity index (χ3v) is 4.18. The normalized spacial score (nSPS) is 10.6. The Bertz CT molecular complexity index is 818. The highest BCUT2D eigenvalue weighted by Gasteiger charge is 2.07. The quantitative estimate of drug-likeness (QED) is 0.618. The number of hydrogen-bond donors (Lipinski definition) is 2. The number of rotatable bonds is 5. The van der Waals surface area contributed by atoms with Gasteiger partial charge >= 0.3 is 0 Å². The van der Waals surface area contributed by atoms with Gasteiger partial charge in [-0.15, -0.1) is 0 Å². The number of anilines is 2. The van der Waals surface area contributed by atoms with Gasteiger partial charge < -0.3 is 15.4 Å². The van der Waals surface area contributed by atoms with Crippen LogP contribution in [0.1, 0.15) is 12.5 Å². The van der Waals surface area contributed by atoms with E-state index in [2.05, 4.69) is 42.5 Å². The van der Waals surface area contributed by atoms with Gasteiger partial charge in [-0.25, -0.2) is 0 Å². The molecule has 0 fully saturated rings. The van der Waals surface area contributed by atoms with Crippen LogP contribution in [0.2, 0.25) is 0 Å². The largest absolute Gasteiger partial charge is 0.495 e. The van der Waals surface area contributed by atoms with Crippen LogP contribution in [0, 0.1) is 0 Å². The Labute approximate surface area is 162 Å². The molecule has 2 aromatic rings.